The van der Waals surface area contributed by atoms with Crippen LogP contribution < -0.4 is 10.6 Å². The largest absolute Gasteiger partial charge is 0.334 e. The molecule has 2 amide bonds. The Morgan fingerprint density at radius 2 is 1.91 bits per heavy atom. The molecule has 0 heterocycles. The second-order valence-corrected chi connectivity index (χ2v) is 5.12. The number of hydrogen-bond acceptors (Lipinski definition) is 3. The number of halogens is 1. The van der Waals surface area contributed by atoms with Gasteiger partial charge in [0.05, 0.1) is 4.92 Å². The number of nitrogens with one attached hydrogen (secondary N) is 2. The van der Waals surface area contributed by atoms with Crippen molar-refractivity contribution in [2.45, 2.75) is 13.5 Å². The summed E-state index contributed by atoms with van der Waals surface area (Å²) >= 11 is 5.71. The number of benzene rings is 2. The average Bonchev–Trinajstić information content (AvgIpc) is 2.48. The van der Waals surface area contributed by atoms with E-state index >= 15 is 0 Å². The zero-order chi connectivity index (χ0) is 16.1. The molecule has 0 bridgehead atoms. The van der Waals surface area contributed by atoms with Gasteiger partial charge in [-0.15, -0.1) is 0 Å². The smallest absolute Gasteiger partial charge is 0.319 e. The lowest BCUT2D eigenvalue weighted by Gasteiger charge is -2.08. The first kappa shape index (κ1) is 15.8. The Bertz CT molecular complexity index is 702. The number of hydrogen-bond donors (Lipinski definition) is 2. The lowest BCUT2D eigenvalue weighted by molar-refractivity contribution is -0.384. The number of urea groups is 1. The maximum Gasteiger partial charge on any atom is 0.319 e. The average molecular weight is 320 g/mol. The molecule has 2 aromatic rings. The fourth-order valence-electron chi connectivity index (χ4n) is 1.79. The second kappa shape index (κ2) is 6.91. The molecule has 0 unspecified atom stereocenters. The molecule has 0 atom stereocenters. The van der Waals surface area contributed by atoms with Gasteiger partial charge in [0.15, 0.2) is 0 Å². The predicted molar refractivity (Wildman–Crippen MR) is 85.1 cm³/mol. The molecule has 22 heavy (non-hydrogen) atoms. The number of nitrogens with zero attached hydrogens (tertiary/aromatic N) is 1. The van der Waals surface area contributed by atoms with Crippen molar-refractivity contribution in [2.24, 2.45) is 0 Å². The monoisotopic (exact) mass is 319 g/mol. The summed E-state index contributed by atoms with van der Waals surface area (Å²) in [7, 11) is 0. The lowest BCUT2D eigenvalue weighted by atomic mass is 10.1. The number of nitro benzene ring substituents is 1. The maximum absolute atomic E-state index is 11.8. The zero-order valence-corrected chi connectivity index (χ0v) is 12.6. The van der Waals surface area contributed by atoms with Crippen molar-refractivity contribution in [2.75, 3.05) is 5.32 Å². The summed E-state index contributed by atoms with van der Waals surface area (Å²) in [6.07, 6.45) is 0. The van der Waals surface area contributed by atoms with Crippen molar-refractivity contribution in [1.82, 2.24) is 5.32 Å². The van der Waals surface area contributed by atoms with Crippen LogP contribution in [0.4, 0.5) is 16.2 Å². The van der Waals surface area contributed by atoms with Crippen molar-refractivity contribution in [3.8, 4) is 0 Å². The third-order valence-electron chi connectivity index (χ3n) is 2.97. The van der Waals surface area contributed by atoms with Crippen molar-refractivity contribution in [3.63, 3.8) is 0 Å². The number of amides is 2. The summed E-state index contributed by atoms with van der Waals surface area (Å²) in [4.78, 5) is 22.0. The molecule has 0 saturated heterocycles. The highest BCUT2D eigenvalue weighted by molar-refractivity contribution is 6.32. The lowest BCUT2D eigenvalue weighted by Crippen LogP contribution is -2.28. The summed E-state index contributed by atoms with van der Waals surface area (Å²) < 4.78 is 0. The topological polar surface area (TPSA) is 84.3 Å². The SMILES string of the molecule is Cc1ccc(CNC(=O)Nc2ccc(Cl)c([N+](=O)[O-])c2)cc1. The Morgan fingerprint density at radius 1 is 1.23 bits per heavy atom. The van der Waals surface area contributed by atoms with Gasteiger partial charge >= 0.3 is 6.03 Å². The van der Waals surface area contributed by atoms with Gasteiger partial charge in [-0.2, -0.15) is 0 Å². The first-order valence-electron chi connectivity index (χ1n) is 6.50. The minimum absolute atomic E-state index is 0.0237. The molecule has 2 rings (SSSR count). The van der Waals surface area contributed by atoms with Crippen LogP contribution in [0.5, 0.6) is 0 Å². The number of rotatable bonds is 4. The first-order chi connectivity index (χ1) is 10.5. The van der Waals surface area contributed by atoms with E-state index in [0.717, 1.165) is 11.1 Å². The molecule has 0 spiro atoms. The van der Waals surface area contributed by atoms with Gasteiger partial charge in [-0.05, 0) is 24.6 Å². The number of carbonyl (C=O) groups is 1. The van der Waals surface area contributed by atoms with Gasteiger partial charge in [0.2, 0.25) is 0 Å². The van der Waals surface area contributed by atoms with Crippen molar-refractivity contribution >= 4 is 29.0 Å². The van der Waals surface area contributed by atoms with Crippen LogP contribution >= 0.6 is 11.6 Å². The minimum atomic E-state index is -0.599. The summed E-state index contributed by atoms with van der Waals surface area (Å²) in [6.45, 7) is 2.35. The number of nitro groups is 1. The molecule has 0 radical (unpaired) electrons. The van der Waals surface area contributed by atoms with Crippen LogP contribution in [0.1, 0.15) is 11.1 Å². The number of carbonyl (C=O) groups excluding carboxylic acids is 1. The van der Waals surface area contributed by atoms with Crippen LogP contribution in [0.3, 0.4) is 0 Å². The Balaban J connectivity index is 1.96. The van der Waals surface area contributed by atoms with Gasteiger partial charge in [0.1, 0.15) is 5.02 Å². The van der Waals surface area contributed by atoms with Gasteiger partial charge in [0, 0.05) is 18.3 Å². The van der Waals surface area contributed by atoms with Crippen LogP contribution in [-0.4, -0.2) is 11.0 Å². The summed E-state index contributed by atoms with van der Waals surface area (Å²) in [5.41, 5.74) is 2.15. The molecular weight excluding hydrogens is 306 g/mol. The highest BCUT2D eigenvalue weighted by Gasteiger charge is 2.13. The van der Waals surface area contributed by atoms with E-state index in [4.69, 9.17) is 11.6 Å². The fraction of sp³-hybridized carbons (Fsp3) is 0.133. The van der Waals surface area contributed by atoms with Gasteiger partial charge in [-0.3, -0.25) is 10.1 Å². The van der Waals surface area contributed by atoms with Gasteiger partial charge in [0.25, 0.3) is 5.69 Å². The third-order valence-corrected chi connectivity index (χ3v) is 3.29. The molecule has 114 valence electrons. The summed E-state index contributed by atoms with van der Waals surface area (Å²) in [5.74, 6) is 0. The molecular formula is C15H14ClN3O3. The quantitative estimate of drug-likeness (QED) is 0.662. The van der Waals surface area contributed by atoms with E-state index in [1.807, 2.05) is 31.2 Å². The molecule has 2 aromatic carbocycles. The summed E-state index contributed by atoms with van der Waals surface area (Å²) in [6, 6.07) is 11.4. The Labute approximate surface area is 132 Å². The fourth-order valence-corrected chi connectivity index (χ4v) is 1.98. The Hall–Kier alpha value is -2.60. The molecule has 0 aliphatic carbocycles. The highest BCUT2D eigenvalue weighted by Crippen LogP contribution is 2.27. The van der Waals surface area contributed by atoms with Crippen LogP contribution in [-0.2, 0) is 6.54 Å². The van der Waals surface area contributed by atoms with E-state index in [0.29, 0.717) is 12.2 Å². The molecule has 0 aromatic heterocycles. The van der Waals surface area contributed by atoms with Crippen LogP contribution in [0, 0.1) is 17.0 Å². The highest BCUT2D eigenvalue weighted by atomic mass is 35.5. The molecule has 0 fully saturated rings. The molecule has 6 nitrogen and oxygen atoms in total. The standard InChI is InChI=1S/C15H14ClN3O3/c1-10-2-4-11(5-3-10)9-17-15(20)18-12-6-7-13(16)14(8-12)19(21)22/h2-8H,9H2,1H3,(H2,17,18,20). The van der Waals surface area contributed by atoms with Gasteiger partial charge in [-0.1, -0.05) is 41.4 Å². The maximum atomic E-state index is 11.8. The van der Waals surface area contributed by atoms with E-state index in [2.05, 4.69) is 10.6 Å². The van der Waals surface area contributed by atoms with Crippen molar-refractivity contribution in [3.05, 3.63) is 68.7 Å². The van der Waals surface area contributed by atoms with Crippen LogP contribution in [0.2, 0.25) is 5.02 Å². The first-order valence-corrected chi connectivity index (χ1v) is 6.88. The van der Waals surface area contributed by atoms with Crippen molar-refractivity contribution in [1.29, 1.82) is 0 Å². The third kappa shape index (κ3) is 4.20. The Kier molecular flexibility index (Phi) is 4.95. The predicted octanol–water partition coefficient (Wildman–Crippen LogP) is 3.88. The normalized spacial score (nSPS) is 10.1. The Morgan fingerprint density at radius 3 is 2.55 bits per heavy atom. The van der Waals surface area contributed by atoms with Crippen LogP contribution in [0.15, 0.2) is 42.5 Å². The zero-order valence-electron chi connectivity index (χ0n) is 11.8. The molecule has 0 aliphatic heterocycles. The van der Waals surface area contributed by atoms with E-state index in [1.54, 1.807) is 0 Å². The van der Waals surface area contributed by atoms with Gasteiger partial charge in [-0.25, -0.2) is 4.79 Å². The second-order valence-electron chi connectivity index (χ2n) is 4.72. The number of aryl methyl sites for hydroxylation is 1. The number of anilines is 1. The molecule has 7 heteroatoms. The van der Waals surface area contributed by atoms with E-state index < -0.39 is 11.0 Å². The van der Waals surface area contributed by atoms with Gasteiger partial charge < -0.3 is 10.6 Å². The van der Waals surface area contributed by atoms with Crippen LogP contribution in [0.25, 0.3) is 0 Å². The minimum Gasteiger partial charge on any atom is -0.334 e. The van der Waals surface area contributed by atoms with E-state index in [9.17, 15) is 14.9 Å². The van der Waals surface area contributed by atoms with E-state index in [-0.39, 0.29) is 10.7 Å². The summed E-state index contributed by atoms with van der Waals surface area (Å²) in [5, 5.41) is 16.0. The molecule has 0 saturated carbocycles. The van der Waals surface area contributed by atoms with E-state index in [1.165, 1.54) is 18.2 Å². The molecule has 0 aliphatic rings. The van der Waals surface area contributed by atoms with Crippen molar-refractivity contribution < 1.29 is 9.72 Å². The molecule has 2 N–H and O–H groups in total.